The number of pyridine rings is 1. The van der Waals surface area contributed by atoms with E-state index in [0.717, 1.165) is 18.5 Å². The molecule has 4 heteroatoms. The molecule has 4 nitrogen and oxygen atoms in total. The molecule has 1 aromatic rings. The predicted octanol–water partition coefficient (Wildman–Crippen LogP) is 2.81. The molecule has 1 aliphatic rings. The van der Waals surface area contributed by atoms with Crippen molar-refractivity contribution >= 4 is 11.7 Å². The maximum Gasteiger partial charge on any atom is 0.251 e. The zero-order chi connectivity index (χ0) is 13.7. The molecule has 1 saturated carbocycles. The first kappa shape index (κ1) is 13.8. The van der Waals surface area contributed by atoms with Crippen molar-refractivity contribution in [2.24, 2.45) is 0 Å². The van der Waals surface area contributed by atoms with E-state index in [0.29, 0.717) is 17.4 Å². The summed E-state index contributed by atoms with van der Waals surface area (Å²) in [6, 6.07) is 3.74. The van der Waals surface area contributed by atoms with Crippen LogP contribution in [0.2, 0.25) is 0 Å². The fourth-order valence-corrected chi connectivity index (χ4v) is 2.69. The lowest BCUT2D eigenvalue weighted by Gasteiger charge is -2.21. The Kier molecular flexibility index (Phi) is 4.77. The number of nitrogens with zero attached hydrogens (tertiary/aromatic N) is 1. The summed E-state index contributed by atoms with van der Waals surface area (Å²) >= 11 is 0. The van der Waals surface area contributed by atoms with Gasteiger partial charge in [-0.25, -0.2) is 4.98 Å². The number of aromatic nitrogens is 1. The summed E-state index contributed by atoms with van der Waals surface area (Å²) < 4.78 is 0. The van der Waals surface area contributed by atoms with Gasteiger partial charge in [-0.05, 0) is 31.9 Å². The molecule has 0 unspecified atom stereocenters. The number of nitrogens with one attached hydrogen (secondary N) is 1. The summed E-state index contributed by atoms with van der Waals surface area (Å²) in [7, 11) is 0. The molecule has 19 heavy (non-hydrogen) atoms. The molecule has 1 amide bonds. The molecule has 0 saturated heterocycles. The van der Waals surface area contributed by atoms with Crippen molar-refractivity contribution in [1.29, 1.82) is 0 Å². The number of carbonyl (C=O) groups excluding carboxylic acids is 1. The van der Waals surface area contributed by atoms with Crippen molar-refractivity contribution in [3.63, 3.8) is 0 Å². The van der Waals surface area contributed by atoms with Crippen LogP contribution in [-0.4, -0.2) is 16.9 Å². The second-order valence-electron chi connectivity index (χ2n) is 5.44. The summed E-state index contributed by atoms with van der Waals surface area (Å²) in [6.45, 7) is 1.85. The first-order chi connectivity index (χ1) is 9.15. The van der Waals surface area contributed by atoms with Gasteiger partial charge in [-0.2, -0.15) is 0 Å². The number of aryl methyl sites for hydroxylation is 1. The van der Waals surface area contributed by atoms with Crippen LogP contribution in [0.1, 0.15) is 61.0 Å². The third kappa shape index (κ3) is 4.23. The minimum atomic E-state index is -0.0252. The molecule has 0 aliphatic heterocycles. The van der Waals surface area contributed by atoms with E-state index in [1.165, 1.54) is 32.1 Å². The zero-order valence-corrected chi connectivity index (χ0v) is 11.6. The third-order valence-electron chi connectivity index (χ3n) is 3.68. The van der Waals surface area contributed by atoms with Crippen LogP contribution in [-0.2, 0) is 0 Å². The molecule has 1 fully saturated rings. The number of amides is 1. The Morgan fingerprint density at radius 1 is 1.21 bits per heavy atom. The maximum absolute atomic E-state index is 12.2. The van der Waals surface area contributed by atoms with Gasteiger partial charge in [0.25, 0.3) is 5.91 Å². The molecular formula is C15H23N3O. The number of anilines is 1. The highest BCUT2D eigenvalue weighted by Gasteiger charge is 2.15. The van der Waals surface area contributed by atoms with E-state index in [4.69, 9.17) is 5.73 Å². The van der Waals surface area contributed by atoms with Crippen LogP contribution < -0.4 is 11.1 Å². The molecule has 0 spiro atoms. The lowest BCUT2D eigenvalue weighted by molar-refractivity contribution is 0.0930. The molecule has 3 N–H and O–H groups in total. The van der Waals surface area contributed by atoms with Crippen LogP contribution in [0.4, 0.5) is 5.82 Å². The number of hydrogen-bond acceptors (Lipinski definition) is 3. The first-order valence-electron chi connectivity index (χ1n) is 7.20. The normalized spacial score (nSPS) is 17.5. The molecule has 104 valence electrons. The first-order valence-corrected chi connectivity index (χ1v) is 7.20. The van der Waals surface area contributed by atoms with Crippen LogP contribution in [0.15, 0.2) is 12.1 Å². The van der Waals surface area contributed by atoms with Crippen molar-refractivity contribution in [2.75, 3.05) is 5.73 Å². The van der Waals surface area contributed by atoms with Crippen molar-refractivity contribution in [2.45, 2.75) is 57.9 Å². The summed E-state index contributed by atoms with van der Waals surface area (Å²) in [5.74, 6) is 0.380. The van der Waals surface area contributed by atoms with E-state index in [1.807, 2.05) is 6.92 Å². The number of rotatable bonds is 2. The molecule has 1 aliphatic carbocycles. The number of hydrogen-bond donors (Lipinski definition) is 2. The molecule has 0 aromatic carbocycles. The Morgan fingerprint density at radius 2 is 1.84 bits per heavy atom. The van der Waals surface area contributed by atoms with Gasteiger partial charge in [0, 0.05) is 17.3 Å². The summed E-state index contributed by atoms with van der Waals surface area (Å²) in [6.07, 6.45) is 8.50. The fraction of sp³-hybridized carbons (Fsp3) is 0.600. The van der Waals surface area contributed by atoms with Crippen LogP contribution in [0, 0.1) is 6.92 Å². The van der Waals surface area contributed by atoms with E-state index >= 15 is 0 Å². The Hall–Kier alpha value is -1.58. The lowest BCUT2D eigenvalue weighted by Crippen LogP contribution is -2.35. The largest absolute Gasteiger partial charge is 0.384 e. The fourth-order valence-electron chi connectivity index (χ4n) is 2.69. The Bertz CT molecular complexity index is 417. The van der Waals surface area contributed by atoms with Gasteiger partial charge >= 0.3 is 0 Å². The lowest BCUT2D eigenvalue weighted by atomic mass is 9.96. The highest BCUT2D eigenvalue weighted by molar-refractivity contribution is 5.95. The number of carbonyl (C=O) groups is 1. The van der Waals surface area contributed by atoms with Crippen LogP contribution in [0.25, 0.3) is 0 Å². The quantitative estimate of drug-likeness (QED) is 0.860. The molecule has 0 bridgehead atoms. The Balaban J connectivity index is 1.98. The van der Waals surface area contributed by atoms with Crippen LogP contribution >= 0.6 is 0 Å². The van der Waals surface area contributed by atoms with Crippen molar-refractivity contribution in [3.05, 3.63) is 23.4 Å². The molecule has 0 atom stereocenters. The minimum absolute atomic E-state index is 0.0252. The summed E-state index contributed by atoms with van der Waals surface area (Å²) in [5, 5.41) is 3.14. The molecule has 1 aromatic heterocycles. The molecule has 1 heterocycles. The van der Waals surface area contributed by atoms with Crippen molar-refractivity contribution in [3.8, 4) is 0 Å². The van der Waals surface area contributed by atoms with Gasteiger partial charge in [-0.15, -0.1) is 0 Å². The Labute approximate surface area is 114 Å². The average molecular weight is 261 g/mol. The minimum Gasteiger partial charge on any atom is -0.384 e. The van der Waals surface area contributed by atoms with E-state index in [9.17, 15) is 4.79 Å². The van der Waals surface area contributed by atoms with Gasteiger partial charge in [0.15, 0.2) is 0 Å². The molecular weight excluding hydrogens is 238 g/mol. The predicted molar refractivity (Wildman–Crippen MR) is 77.0 cm³/mol. The standard InChI is InChI=1S/C15H23N3O/c1-11-9-12(10-14(16)17-11)15(19)18-13-7-5-3-2-4-6-8-13/h9-10,13H,2-8H2,1H3,(H2,16,17)(H,18,19). The monoisotopic (exact) mass is 261 g/mol. The summed E-state index contributed by atoms with van der Waals surface area (Å²) in [4.78, 5) is 16.3. The van der Waals surface area contributed by atoms with Gasteiger partial charge in [-0.3, -0.25) is 4.79 Å². The highest BCUT2D eigenvalue weighted by Crippen LogP contribution is 2.17. The topological polar surface area (TPSA) is 68.0 Å². The van der Waals surface area contributed by atoms with Crippen molar-refractivity contribution in [1.82, 2.24) is 10.3 Å². The van der Waals surface area contributed by atoms with E-state index in [1.54, 1.807) is 12.1 Å². The second-order valence-corrected chi connectivity index (χ2v) is 5.44. The maximum atomic E-state index is 12.2. The van der Waals surface area contributed by atoms with Crippen molar-refractivity contribution < 1.29 is 4.79 Å². The zero-order valence-electron chi connectivity index (χ0n) is 11.6. The van der Waals surface area contributed by atoms with Gasteiger partial charge in [0.1, 0.15) is 5.82 Å². The third-order valence-corrected chi connectivity index (χ3v) is 3.68. The summed E-state index contributed by atoms with van der Waals surface area (Å²) in [5.41, 5.74) is 7.08. The highest BCUT2D eigenvalue weighted by atomic mass is 16.1. The van der Waals surface area contributed by atoms with E-state index < -0.39 is 0 Å². The average Bonchev–Trinajstić information content (AvgIpc) is 2.31. The number of nitrogen functional groups attached to an aromatic ring is 1. The van der Waals surface area contributed by atoms with E-state index in [-0.39, 0.29) is 5.91 Å². The van der Waals surface area contributed by atoms with Gasteiger partial charge in [0.2, 0.25) is 0 Å². The SMILES string of the molecule is Cc1cc(C(=O)NC2CCCCCCC2)cc(N)n1. The van der Waals surface area contributed by atoms with Gasteiger partial charge < -0.3 is 11.1 Å². The smallest absolute Gasteiger partial charge is 0.251 e. The molecule has 2 rings (SSSR count). The van der Waals surface area contributed by atoms with Crippen LogP contribution in [0.3, 0.4) is 0 Å². The van der Waals surface area contributed by atoms with Crippen LogP contribution in [0.5, 0.6) is 0 Å². The van der Waals surface area contributed by atoms with Gasteiger partial charge in [-0.1, -0.05) is 32.1 Å². The second kappa shape index (κ2) is 6.55. The number of nitrogens with two attached hydrogens (primary N) is 1. The van der Waals surface area contributed by atoms with E-state index in [2.05, 4.69) is 10.3 Å². The Morgan fingerprint density at radius 3 is 2.47 bits per heavy atom. The van der Waals surface area contributed by atoms with Gasteiger partial charge in [0.05, 0.1) is 0 Å². The molecule has 0 radical (unpaired) electrons.